The Morgan fingerprint density at radius 3 is 2.40 bits per heavy atom. The third kappa shape index (κ3) is 1.06. The van der Waals surface area contributed by atoms with Gasteiger partial charge in [-0.1, -0.05) is 30.3 Å². The van der Waals surface area contributed by atoms with Crippen LogP contribution >= 0.6 is 0 Å². The zero-order chi connectivity index (χ0) is 12.8. The molecule has 5 fully saturated rings. The predicted molar refractivity (Wildman–Crippen MR) is 79.1 cm³/mol. The van der Waals surface area contributed by atoms with Crippen molar-refractivity contribution in [2.45, 2.75) is 25.3 Å². The Bertz CT molecular complexity index is 546. The molecule has 8 unspecified atom stereocenters. The maximum absolute atomic E-state index is 4.01. The summed E-state index contributed by atoms with van der Waals surface area (Å²) in [6.45, 7) is 1.19. The lowest BCUT2D eigenvalue weighted by molar-refractivity contribution is 0.00989. The molecule has 0 aliphatic heterocycles. The predicted octanol–water partition coefficient (Wildman–Crippen LogP) is 2.97. The maximum Gasteiger partial charge on any atom is 0.0135 e. The van der Waals surface area contributed by atoms with Crippen molar-refractivity contribution < 1.29 is 0 Å². The number of hydrogen-bond donors (Lipinski definition) is 1. The van der Waals surface area contributed by atoms with Gasteiger partial charge in [0, 0.05) is 6.04 Å². The first-order valence-electron chi connectivity index (χ1n) is 8.71. The Balaban J connectivity index is 1.19. The van der Waals surface area contributed by atoms with Gasteiger partial charge in [-0.15, -0.1) is 0 Å². The molecule has 1 aromatic carbocycles. The first-order valence-corrected chi connectivity index (χ1v) is 8.71. The molecule has 0 radical (unpaired) electrons. The second-order valence-electron chi connectivity index (χ2n) is 8.15. The van der Waals surface area contributed by atoms with Crippen LogP contribution in [-0.4, -0.2) is 12.6 Å². The van der Waals surface area contributed by atoms with Gasteiger partial charge in [0.15, 0.2) is 0 Å². The molecule has 2 bridgehead atoms. The van der Waals surface area contributed by atoms with Gasteiger partial charge in [-0.2, -0.15) is 0 Å². The Hall–Kier alpha value is -0.820. The fourth-order valence-electron chi connectivity index (χ4n) is 7.77. The molecule has 1 N–H and O–H groups in total. The van der Waals surface area contributed by atoms with Gasteiger partial charge in [-0.25, -0.2) is 0 Å². The first-order chi connectivity index (χ1) is 9.93. The molecular formula is C19H23N. The highest BCUT2D eigenvalue weighted by molar-refractivity contribution is 5.29. The number of nitrogens with one attached hydrogen (secondary N) is 1. The van der Waals surface area contributed by atoms with Crippen LogP contribution in [-0.2, 0) is 6.42 Å². The van der Waals surface area contributed by atoms with E-state index in [0.717, 1.165) is 35.6 Å². The van der Waals surface area contributed by atoms with Gasteiger partial charge in [-0.05, 0) is 78.7 Å². The summed E-state index contributed by atoms with van der Waals surface area (Å²) in [6, 6.07) is 11.9. The number of benzene rings is 1. The summed E-state index contributed by atoms with van der Waals surface area (Å²) in [5.74, 6) is 9.16. The molecule has 6 rings (SSSR count). The molecule has 0 saturated heterocycles. The summed E-state index contributed by atoms with van der Waals surface area (Å²) >= 11 is 0. The van der Waals surface area contributed by atoms with Crippen molar-refractivity contribution in [1.29, 1.82) is 0 Å². The molecule has 9 atom stereocenters. The summed E-state index contributed by atoms with van der Waals surface area (Å²) in [5, 5.41) is 4.01. The van der Waals surface area contributed by atoms with Crippen LogP contribution in [0.25, 0.3) is 0 Å². The molecule has 0 amide bonds. The Kier molecular flexibility index (Phi) is 1.89. The van der Waals surface area contributed by atoms with E-state index in [1.54, 1.807) is 12.8 Å². The number of rotatable bonds is 4. The van der Waals surface area contributed by atoms with Crippen molar-refractivity contribution in [3.8, 4) is 0 Å². The minimum atomic E-state index is 0.904. The highest BCUT2D eigenvalue weighted by atomic mass is 15.0. The van der Waals surface area contributed by atoms with Crippen LogP contribution in [0.5, 0.6) is 0 Å². The molecule has 1 nitrogen and oxygen atoms in total. The Labute approximate surface area is 121 Å². The molecule has 1 heteroatoms. The second-order valence-corrected chi connectivity index (χ2v) is 8.15. The third-order valence-corrected chi connectivity index (χ3v) is 7.96. The van der Waals surface area contributed by atoms with E-state index < -0.39 is 0 Å². The molecule has 0 heterocycles. The largest absolute Gasteiger partial charge is 0.313 e. The molecule has 0 aromatic heterocycles. The first kappa shape index (κ1) is 10.8. The van der Waals surface area contributed by atoms with Crippen molar-refractivity contribution in [2.24, 2.45) is 47.3 Å². The average molecular weight is 265 g/mol. The molecule has 5 aliphatic carbocycles. The molecular weight excluding hydrogens is 242 g/mol. The minimum Gasteiger partial charge on any atom is -0.313 e. The van der Waals surface area contributed by atoms with Crippen LogP contribution in [0.15, 0.2) is 30.3 Å². The van der Waals surface area contributed by atoms with Gasteiger partial charge in [0.2, 0.25) is 0 Å². The van der Waals surface area contributed by atoms with Gasteiger partial charge in [-0.3, -0.25) is 0 Å². The fraction of sp³-hybridized carbons (Fsp3) is 0.684. The van der Waals surface area contributed by atoms with Crippen LogP contribution in [0.3, 0.4) is 0 Å². The quantitative estimate of drug-likeness (QED) is 0.882. The molecule has 1 aromatic rings. The molecule has 104 valence electrons. The lowest BCUT2D eigenvalue weighted by Gasteiger charge is -2.48. The van der Waals surface area contributed by atoms with Crippen molar-refractivity contribution in [3.05, 3.63) is 35.9 Å². The van der Waals surface area contributed by atoms with E-state index in [0.29, 0.717) is 0 Å². The van der Waals surface area contributed by atoms with Crippen molar-refractivity contribution >= 4 is 0 Å². The topological polar surface area (TPSA) is 12.0 Å². The minimum absolute atomic E-state index is 0.904. The zero-order valence-electron chi connectivity index (χ0n) is 11.9. The summed E-state index contributed by atoms with van der Waals surface area (Å²) in [6.07, 6.45) is 4.44. The van der Waals surface area contributed by atoms with Gasteiger partial charge in [0.05, 0.1) is 0 Å². The zero-order valence-corrected chi connectivity index (χ0v) is 11.9. The molecule has 5 aliphatic rings. The Morgan fingerprint density at radius 1 is 0.800 bits per heavy atom. The summed E-state index contributed by atoms with van der Waals surface area (Å²) in [4.78, 5) is 0. The van der Waals surface area contributed by atoms with Crippen molar-refractivity contribution in [2.75, 3.05) is 6.54 Å². The van der Waals surface area contributed by atoms with Crippen LogP contribution < -0.4 is 5.32 Å². The number of fused-ring (bicyclic) bond motifs is 2. The smallest absolute Gasteiger partial charge is 0.0135 e. The number of hydrogen-bond acceptors (Lipinski definition) is 1. The van der Waals surface area contributed by atoms with E-state index >= 15 is 0 Å². The van der Waals surface area contributed by atoms with Gasteiger partial charge in [0.1, 0.15) is 0 Å². The second kappa shape index (κ2) is 3.50. The standard InChI is InChI=1S/C19H23N/c1-2-4-10(5-3-1)6-7-20-19-16-12-9-13-15-11(12)8-14(16)17(15)18(13)19/h1-5,11-20H,6-9H2/t11?,12?,13?,14?,15?,16?,17?,18?,19-/m0/s1. The molecule has 5 saturated carbocycles. The lowest BCUT2D eigenvalue weighted by atomic mass is 9.59. The van der Waals surface area contributed by atoms with Crippen LogP contribution in [0.4, 0.5) is 0 Å². The van der Waals surface area contributed by atoms with E-state index in [9.17, 15) is 0 Å². The third-order valence-electron chi connectivity index (χ3n) is 7.96. The monoisotopic (exact) mass is 265 g/mol. The summed E-state index contributed by atoms with van der Waals surface area (Å²) < 4.78 is 0. The summed E-state index contributed by atoms with van der Waals surface area (Å²) in [5.41, 5.74) is 1.49. The van der Waals surface area contributed by atoms with Crippen molar-refractivity contribution in [3.63, 3.8) is 0 Å². The lowest BCUT2D eigenvalue weighted by Crippen LogP contribution is -2.51. The van der Waals surface area contributed by atoms with Gasteiger partial charge >= 0.3 is 0 Å². The van der Waals surface area contributed by atoms with E-state index in [-0.39, 0.29) is 0 Å². The van der Waals surface area contributed by atoms with Crippen LogP contribution in [0.1, 0.15) is 18.4 Å². The van der Waals surface area contributed by atoms with Gasteiger partial charge in [0.25, 0.3) is 0 Å². The Morgan fingerprint density at radius 2 is 1.55 bits per heavy atom. The van der Waals surface area contributed by atoms with Crippen LogP contribution in [0.2, 0.25) is 0 Å². The van der Waals surface area contributed by atoms with E-state index in [1.807, 2.05) is 0 Å². The molecule has 20 heavy (non-hydrogen) atoms. The van der Waals surface area contributed by atoms with Gasteiger partial charge < -0.3 is 5.32 Å². The molecule has 0 spiro atoms. The van der Waals surface area contributed by atoms with E-state index in [4.69, 9.17) is 0 Å². The van der Waals surface area contributed by atoms with Crippen molar-refractivity contribution in [1.82, 2.24) is 5.32 Å². The SMILES string of the molecule is c1ccc(CCN[C@H]2C3C4CC5C6C4CC3C6C52)cc1. The maximum atomic E-state index is 4.01. The normalized spacial score (nSPS) is 55.7. The van der Waals surface area contributed by atoms with E-state index in [1.165, 1.54) is 36.3 Å². The average Bonchev–Trinajstić information content (AvgIpc) is 3.00. The summed E-state index contributed by atoms with van der Waals surface area (Å²) in [7, 11) is 0. The fourth-order valence-corrected chi connectivity index (χ4v) is 7.77. The van der Waals surface area contributed by atoms with Crippen LogP contribution in [0, 0.1) is 47.3 Å². The highest BCUT2D eigenvalue weighted by Gasteiger charge is 2.80. The highest BCUT2D eigenvalue weighted by Crippen LogP contribution is 2.82. The van der Waals surface area contributed by atoms with E-state index in [2.05, 4.69) is 35.6 Å².